The molecule has 4 amide bonds. The van der Waals surface area contributed by atoms with Crippen LogP contribution in [0, 0.1) is 5.92 Å². The summed E-state index contributed by atoms with van der Waals surface area (Å²) in [7, 11) is 3.88. The van der Waals surface area contributed by atoms with Crippen LogP contribution >= 0.6 is 0 Å². The fraction of sp³-hybridized carbons (Fsp3) is 0.526. The zero-order chi connectivity index (χ0) is 18.9. The first kappa shape index (κ1) is 18.2. The van der Waals surface area contributed by atoms with Crippen LogP contribution in [0.1, 0.15) is 32.6 Å². The molecular weight excluding hydrogens is 332 g/mol. The smallest absolute Gasteiger partial charge is 0.325 e. The molecule has 1 aliphatic carbocycles. The molecule has 7 nitrogen and oxygen atoms in total. The fourth-order valence-corrected chi connectivity index (χ4v) is 3.83. The van der Waals surface area contributed by atoms with E-state index >= 15 is 0 Å². The Kier molecular flexibility index (Phi) is 4.89. The van der Waals surface area contributed by atoms with E-state index in [0.717, 1.165) is 29.8 Å². The van der Waals surface area contributed by atoms with Crippen molar-refractivity contribution in [2.45, 2.75) is 38.1 Å². The Morgan fingerprint density at radius 3 is 2.58 bits per heavy atom. The van der Waals surface area contributed by atoms with Crippen molar-refractivity contribution >= 4 is 29.2 Å². The van der Waals surface area contributed by atoms with Gasteiger partial charge in [-0.1, -0.05) is 19.8 Å². The molecule has 1 aromatic carbocycles. The van der Waals surface area contributed by atoms with Crippen LogP contribution in [0.4, 0.5) is 16.2 Å². The van der Waals surface area contributed by atoms with Gasteiger partial charge in [-0.2, -0.15) is 0 Å². The lowest BCUT2D eigenvalue weighted by Crippen LogP contribution is -2.54. The first-order valence-electron chi connectivity index (χ1n) is 9.05. The van der Waals surface area contributed by atoms with Gasteiger partial charge in [0.15, 0.2) is 0 Å². The third-order valence-electron chi connectivity index (χ3n) is 5.47. The summed E-state index contributed by atoms with van der Waals surface area (Å²) in [5.41, 5.74) is 0.821. The third kappa shape index (κ3) is 3.25. The lowest BCUT2D eigenvalue weighted by Gasteiger charge is -2.36. The van der Waals surface area contributed by atoms with Gasteiger partial charge in [0.1, 0.15) is 12.1 Å². The monoisotopic (exact) mass is 358 g/mol. The molecule has 1 aromatic rings. The summed E-state index contributed by atoms with van der Waals surface area (Å²) in [6.07, 6.45) is 3.53. The molecule has 1 saturated carbocycles. The van der Waals surface area contributed by atoms with Gasteiger partial charge >= 0.3 is 6.03 Å². The quantitative estimate of drug-likeness (QED) is 0.809. The number of benzene rings is 1. The summed E-state index contributed by atoms with van der Waals surface area (Å²) >= 11 is 0. The van der Waals surface area contributed by atoms with E-state index < -0.39 is 11.6 Å². The van der Waals surface area contributed by atoms with E-state index in [-0.39, 0.29) is 24.3 Å². The number of carbonyl (C=O) groups is 3. The molecule has 0 radical (unpaired) electrons. The minimum Gasteiger partial charge on any atom is -0.378 e. The molecule has 1 spiro atoms. The largest absolute Gasteiger partial charge is 0.378 e. The molecule has 3 rings (SSSR count). The standard InChI is InChI=1S/C19H26N4O3/c1-13-6-4-5-11-19(13)17(25)23(18(26)21-19)12-16(24)20-14-7-9-15(10-8-14)22(2)3/h7-10,13H,4-6,11-12H2,1-3H3,(H,20,24)(H,21,26). The second-order valence-electron chi connectivity index (χ2n) is 7.43. The maximum absolute atomic E-state index is 12.9. The fourth-order valence-electron chi connectivity index (χ4n) is 3.83. The number of carbonyl (C=O) groups excluding carboxylic acids is 3. The maximum Gasteiger partial charge on any atom is 0.325 e. The molecule has 1 aliphatic heterocycles. The SMILES string of the molecule is CC1CCCCC12NC(=O)N(CC(=O)Nc1ccc(N(C)C)cc1)C2=O. The maximum atomic E-state index is 12.9. The highest BCUT2D eigenvalue weighted by Gasteiger charge is 2.55. The van der Waals surface area contributed by atoms with E-state index in [1.165, 1.54) is 0 Å². The molecule has 2 fully saturated rings. The Hall–Kier alpha value is -2.57. The lowest BCUT2D eigenvalue weighted by atomic mass is 9.73. The Morgan fingerprint density at radius 1 is 1.27 bits per heavy atom. The molecule has 2 N–H and O–H groups in total. The number of anilines is 2. The number of nitrogens with one attached hydrogen (secondary N) is 2. The molecule has 0 bridgehead atoms. The van der Waals surface area contributed by atoms with Gasteiger partial charge in [-0.05, 0) is 43.0 Å². The molecule has 1 saturated heterocycles. The summed E-state index contributed by atoms with van der Waals surface area (Å²) in [4.78, 5) is 40.5. The zero-order valence-corrected chi connectivity index (χ0v) is 15.5. The highest BCUT2D eigenvalue weighted by Crippen LogP contribution is 2.38. The number of hydrogen-bond donors (Lipinski definition) is 2. The first-order chi connectivity index (χ1) is 12.3. The second kappa shape index (κ2) is 6.97. The van der Waals surface area contributed by atoms with Crippen molar-refractivity contribution in [2.75, 3.05) is 30.9 Å². The van der Waals surface area contributed by atoms with Gasteiger partial charge in [0.2, 0.25) is 5.91 Å². The Bertz CT molecular complexity index is 716. The highest BCUT2D eigenvalue weighted by atomic mass is 16.2. The second-order valence-corrected chi connectivity index (χ2v) is 7.43. The molecule has 26 heavy (non-hydrogen) atoms. The van der Waals surface area contributed by atoms with Crippen LogP contribution in [-0.2, 0) is 9.59 Å². The van der Waals surface area contributed by atoms with Gasteiger partial charge in [0, 0.05) is 25.5 Å². The van der Waals surface area contributed by atoms with Crippen LogP contribution in [0.25, 0.3) is 0 Å². The van der Waals surface area contributed by atoms with Crippen LogP contribution in [0.3, 0.4) is 0 Å². The van der Waals surface area contributed by atoms with Crippen molar-refractivity contribution in [3.8, 4) is 0 Å². The van der Waals surface area contributed by atoms with E-state index in [4.69, 9.17) is 0 Å². The van der Waals surface area contributed by atoms with Crippen LogP contribution < -0.4 is 15.5 Å². The summed E-state index contributed by atoms with van der Waals surface area (Å²) in [6, 6.07) is 6.90. The molecule has 2 aliphatic rings. The van der Waals surface area contributed by atoms with Crippen molar-refractivity contribution < 1.29 is 14.4 Å². The molecule has 2 unspecified atom stereocenters. The molecule has 1 heterocycles. The van der Waals surface area contributed by atoms with Crippen LogP contribution in [0.5, 0.6) is 0 Å². The van der Waals surface area contributed by atoms with Gasteiger partial charge in [-0.3, -0.25) is 14.5 Å². The van der Waals surface area contributed by atoms with E-state index in [2.05, 4.69) is 10.6 Å². The average Bonchev–Trinajstić information content (AvgIpc) is 2.83. The number of amides is 4. The van der Waals surface area contributed by atoms with Crippen LogP contribution in [-0.4, -0.2) is 48.9 Å². The van der Waals surface area contributed by atoms with Crippen molar-refractivity contribution in [1.82, 2.24) is 10.2 Å². The summed E-state index contributed by atoms with van der Waals surface area (Å²) < 4.78 is 0. The number of rotatable bonds is 4. The van der Waals surface area contributed by atoms with E-state index in [1.54, 1.807) is 12.1 Å². The van der Waals surface area contributed by atoms with Crippen molar-refractivity contribution in [3.63, 3.8) is 0 Å². The van der Waals surface area contributed by atoms with Gasteiger partial charge in [0.25, 0.3) is 5.91 Å². The van der Waals surface area contributed by atoms with Crippen LogP contribution in [0.15, 0.2) is 24.3 Å². The topological polar surface area (TPSA) is 81.8 Å². The average molecular weight is 358 g/mol. The van der Waals surface area contributed by atoms with E-state index in [0.29, 0.717) is 12.1 Å². The summed E-state index contributed by atoms with van der Waals surface area (Å²) in [5.74, 6) is -0.571. The van der Waals surface area contributed by atoms with E-state index in [9.17, 15) is 14.4 Å². The van der Waals surface area contributed by atoms with Crippen molar-refractivity contribution in [1.29, 1.82) is 0 Å². The van der Waals surface area contributed by atoms with Crippen LogP contribution in [0.2, 0.25) is 0 Å². The molecular formula is C19H26N4O3. The Balaban J connectivity index is 1.65. The Morgan fingerprint density at radius 2 is 1.96 bits per heavy atom. The van der Waals surface area contributed by atoms with Gasteiger partial charge in [-0.15, -0.1) is 0 Å². The Labute approximate surface area is 153 Å². The third-order valence-corrected chi connectivity index (χ3v) is 5.47. The normalized spacial score (nSPS) is 25.3. The molecule has 140 valence electrons. The first-order valence-corrected chi connectivity index (χ1v) is 9.05. The highest BCUT2D eigenvalue weighted by molar-refractivity contribution is 6.10. The van der Waals surface area contributed by atoms with E-state index in [1.807, 2.05) is 38.1 Å². The van der Waals surface area contributed by atoms with Gasteiger partial charge in [0.05, 0.1) is 0 Å². The zero-order valence-electron chi connectivity index (χ0n) is 15.5. The number of urea groups is 1. The molecule has 0 aromatic heterocycles. The number of nitrogens with zero attached hydrogens (tertiary/aromatic N) is 2. The van der Waals surface area contributed by atoms with Gasteiger partial charge in [-0.25, -0.2) is 4.79 Å². The number of imide groups is 1. The predicted molar refractivity (Wildman–Crippen MR) is 100 cm³/mol. The summed E-state index contributed by atoms with van der Waals surface area (Å²) in [6.45, 7) is 1.72. The van der Waals surface area contributed by atoms with Gasteiger partial charge < -0.3 is 15.5 Å². The van der Waals surface area contributed by atoms with Crippen molar-refractivity contribution in [3.05, 3.63) is 24.3 Å². The van der Waals surface area contributed by atoms with Crippen molar-refractivity contribution in [2.24, 2.45) is 5.92 Å². The minimum atomic E-state index is -0.830. The predicted octanol–water partition coefficient (Wildman–Crippen LogP) is 2.19. The lowest BCUT2D eigenvalue weighted by molar-refractivity contribution is -0.136. The molecule has 7 heteroatoms. The minimum absolute atomic E-state index is 0.0827. The number of hydrogen-bond acceptors (Lipinski definition) is 4. The molecule has 2 atom stereocenters. The summed E-state index contributed by atoms with van der Waals surface area (Å²) in [5, 5.41) is 5.61.